The molecule has 1 unspecified atom stereocenters. The number of alkyl halides is 1. The number of hydrogen-bond donors (Lipinski definition) is 2. The van der Waals surface area contributed by atoms with Crippen molar-refractivity contribution in [2.45, 2.75) is 13.0 Å². The van der Waals surface area contributed by atoms with E-state index in [-0.39, 0.29) is 5.88 Å². The predicted octanol–water partition coefficient (Wildman–Crippen LogP) is 3.12. The minimum absolute atomic E-state index is 0.168. The number of aryl methyl sites for hydroxylation is 1. The third kappa shape index (κ3) is 3.72. The number of benzene rings is 1. The van der Waals surface area contributed by atoms with Crippen LogP contribution < -0.4 is 5.32 Å². The second-order valence-electron chi connectivity index (χ2n) is 5.39. The van der Waals surface area contributed by atoms with Gasteiger partial charge in [0.25, 0.3) is 0 Å². The van der Waals surface area contributed by atoms with E-state index in [4.69, 9.17) is 16.0 Å². The highest BCUT2D eigenvalue weighted by atomic mass is 35.5. The number of aliphatic hydroxyl groups excluding tert-OH is 1. The molecular weight excluding hydrogens is 328 g/mol. The molecule has 0 amide bonds. The summed E-state index contributed by atoms with van der Waals surface area (Å²) >= 11 is 5.64. The van der Waals surface area contributed by atoms with E-state index >= 15 is 0 Å². The summed E-state index contributed by atoms with van der Waals surface area (Å²) < 4.78 is 5.81. The maximum atomic E-state index is 9.64. The number of anilines is 1. The van der Waals surface area contributed by atoms with E-state index in [2.05, 4.69) is 20.5 Å². The molecule has 0 aliphatic rings. The van der Waals surface area contributed by atoms with Crippen LogP contribution in [0.4, 0.5) is 5.69 Å². The molecule has 6 nitrogen and oxygen atoms in total. The fraction of sp³-hybridized carbons (Fsp3) is 0.235. The van der Waals surface area contributed by atoms with Crippen molar-refractivity contribution in [1.82, 2.24) is 15.2 Å². The molecule has 24 heavy (non-hydrogen) atoms. The fourth-order valence-electron chi connectivity index (χ4n) is 2.21. The lowest BCUT2D eigenvalue weighted by Gasteiger charge is -2.13. The van der Waals surface area contributed by atoms with Gasteiger partial charge < -0.3 is 14.8 Å². The summed E-state index contributed by atoms with van der Waals surface area (Å²) in [5.74, 6) is 1.01. The number of pyridine rings is 1. The largest absolute Gasteiger partial charge is 0.416 e. The summed E-state index contributed by atoms with van der Waals surface area (Å²) in [6.07, 6.45) is 2.72. The van der Waals surface area contributed by atoms with E-state index in [1.165, 1.54) is 0 Å². The minimum atomic E-state index is -0.629. The number of nitrogens with one attached hydrogen (secondary N) is 1. The topological polar surface area (TPSA) is 84.1 Å². The van der Waals surface area contributed by atoms with Crippen molar-refractivity contribution in [3.63, 3.8) is 0 Å². The SMILES string of the molecule is Cc1ccc(NCC(O)CCl)c(-c2nnc(-c3ccncc3)o2)c1. The molecule has 0 spiro atoms. The summed E-state index contributed by atoms with van der Waals surface area (Å²) in [7, 11) is 0. The van der Waals surface area contributed by atoms with E-state index in [9.17, 15) is 5.11 Å². The van der Waals surface area contributed by atoms with Crippen LogP contribution in [0.15, 0.2) is 47.1 Å². The van der Waals surface area contributed by atoms with E-state index in [0.29, 0.717) is 18.3 Å². The first-order chi connectivity index (χ1) is 11.7. The first-order valence-corrected chi connectivity index (χ1v) is 8.03. The smallest absolute Gasteiger partial charge is 0.250 e. The van der Waals surface area contributed by atoms with Crippen LogP contribution >= 0.6 is 11.6 Å². The highest BCUT2D eigenvalue weighted by Gasteiger charge is 2.15. The van der Waals surface area contributed by atoms with Gasteiger partial charge in [0.1, 0.15) is 0 Å². The molecule has 2 N–H and O–H groups in total. The van der Waals surface area contributed by atoms with Crippen LogP contribution in [-0.2, 0) is 0 Å². The van der Waals surface area contributed by atoms with Gasteiger partial charge in [-0.3, -0.25) is 4.98 Å². The maximum absolute atomic E-state index is 9.64. The van der Waals surface area contributed by atoms with Gasteiger partial charge in [0.05, 0.1) is 17.5 Å². The number of aliphatic hydroxyl groups is 1. The standard InChI is InChI=1S/C17H17ClN4O2/c1-11-2-3-15(20-10-13(23)9-18)14(8-11)17-22-21-16(24-17)12-4-6-19-7-5-12/h2-8,13,20,23H,9-10H2,1H3. The Hall–Kier alpha value is -2.44. The van der Waals surface area contributed by atoms with Gasteiger partial charge >= 0.3 is 0 Å². The van der Waals surface area contributed by atoms with Gasteiger partial charge in [-0.1, -0.05) is 11.6 Å². The maximum Gasteiger partial charge on any atom is 0.250 e. The van der Waals surface area contributed by atoms with Crippen molar-refractivity contribution in [3.8, 4) is 22.9 Å². The van der Waals surface area contributed by atoms with Crippen molar-refractivity contribution >= 4 is 17.3 Å². The molecule has 0 saturated heterocycles. The normalized spacial score (nSPS) is 12.1. The lowest BCUT2D eigenvalue weighted by atomic mass is 10.1. The number of hydrogen-bond acceptors (Lipinski definition) is 6. The van der Waals surface area contributed by atoms with Crippen molar-refractivity contribution in [2.24, 2.45) is 0 Å². The van der Waals surface area contributed by atoms with E-state index < -0.39 is 6.10 Å². The average Bonchev–Trinajstić information content (AvgIpc) is 3.11. The summed E-state index contributed by atoms with van der Waals surface area (Å²) in [6, 6.07) is 9.47. The molecule has 0 aliphatic carbocycles. The molecule has 2 aromatic heterocycles. The zero-order valence-electron chi connectivity index (χ0n) is 13.1. The zero-order valence-corrected chi connectivity index (χ0v) is 13.9. The Morgan fingerprint density at radius 3 is 2.67 bits per heavy atom. The van der Waals surface area contributed by atoms with E-state index in [1.807, 2.05) is 37.3 Å². The van der Waals surface area contributed by atoms with Crippen molar-refractivity contribution in [2.75, 3.05) is 17.7 Å². The molecule has 0 radical (unpaired) electrons. The molecule has 2 heterocycles. The average molecular weight is 345 g/mol. The molecule has 124 valence electrons. The van der Waals surface area contributed by atoms with Crippen LogP contribution in [0, 0.1) is 6.92 Å². The molecular formula is C17H17ClN4O2. The van der Waals surface area contributed by atoms with Gasteiger partial charge in [-0.15, -0.1) is 21.8 Å². The van der Waals surface area contributed by atoms with Gasteiger partial charge in [-0.2, -0.15) is 0 Å². The second kappa shape index (κ2) is 7.42. The van der Waals surface area contributed by atoms with Gasteiger partial charge in [0, 0.05) is 30.2 Å². The molecule has 1 aromatic carbocycles. The summed E-state index contributed by atoms with van der Waals surface area (Å²) in [4.78, 5) is 3.98. The van der Waals surface area contributed by atoms with Crippen molar-refractivity contribution in [3.05, 3.63) is 48.3 Å². The van der Waals surface area contributed by atoms with Crippen LogP contribution in [0.1, 0.15) is 5.56 Å². The predicted molar refractivity (Wildman–Crippen MR) is 92.9 cm³/mol. The first-order valence-electron chi connectivity index (χ1n) is 7.50. The van der Waals surface area contributed by atoms with Crippen molar-refractivity contribution in [1.29, 1.82) is 0 Å². The summed E-state index contributed by atoms with van der Waals surface area (Å²) in [5.41, 5.74) is 3.46. The molecule has 1 atom stereocenters. The Morgan fingerprint density at radius 1 is 1.17 bits per heavy atom. The van der Waals surface area contributed by atoms with Gasteiger partial charge in [0.15, 0.2) is 0 Å². The molecule has 3 rings (SSSR count). The first kappa shape index (κ1) is 16.4. The summed E-state index contributed by atoms with van der Waals surface area (Å²) in [6.45, 7) is 2.33. The highest BCUT2D eigenvalue weighted by Crippen LogP contribution is 2.30. The van der Waals surface area contributed by atoms with Crippen LogP contribution in [-0.4, -0.2) is 38.8 Å². The Bertz CT molecular complexity index is 807. The Balaban J connectivity index is 1.91. The second-order valence-corrected chi connectivity index (χ2v) is 5.69. The molecule has 0 fully saturated rings. The van der Waals surface area contributed by atoms with Gasteiger partial charge in [-0.25, -0.2) is 0 Å². The lowest BCUT2D eigenvalue weighted by Crippen LogP contribution is -2.21. The third-order valence-corrected chi connectivity index (χ3v) is 3.82. The highest BCUT2D eigenvalue weighted by molar-refractivity contribution is 6.18. The molecule has 7 heteroatoms. The van der Waals surface area contributed by atoms with E-state index in [0.717, 1.165) is 22.4 Å². The molecule has 3 aromatic rings. The van der Waals surface area contributed by atoms with Crippen LogP contribution in [0.25, 0.3) is 22.9 Å². The number of halogens is 1. The summed E-state index contributed by atoms with van der Waals surface area (Å²) in [5, 5.41) is 21.1. The van der Waals surface area contributed by atoms with Gasteiger partial charge in [0.2, 0.25) is 11.8 Å². The Kier molecular flexibility index (Phi) is 5.08. The molecule has 0 bridgehead atoms. The molecule has 0 saturated carbocycles. The minimum Gasteiger partial charge on any atom is -0.416 e. The van der Waals surface area contributed by atoms with Crippen molar-refractivity contribution < 1.29 is 9.52 Å². The quantitative estimate of drug-likeness (QED) is 0.668. The Labute approximate surface area is 144 Å². The van der Waals surface area contributed by atoms with E-state index in [1.54, 1.807) is 12.4 Å². The van der Waals surface area contributed by atoms with Crippen LogP contribution in [0.3, 0.4) is 0 Å². The fourth-order valence-corrected chi connectivity index (χ4v) is 2.32. The van der Waals surface area contributed by atoms with Gasteiger partial charge in [-0.05, 0) is 31.2 Å². The number of nitrogens with zero attached hydrogens (tertiary/aromatic N) is 3. The number of aromatic nitrogens is 3. The van der Waals surface area contributed by atoms with Crippen LogP contribution in [0.5, 0.6) is 0 Å². The monoisotopic (exact) mass is 344 g/mol. The third-order valence-electron chi connectivity index (χ3n) is 3.46. The number of rotatable bonds is 6. The lowest BCUT2D eigenvalue weighted by molar-refractivity contribution is 0.211. The van der Waals surface area contributed by atoms with Crippen LogP contribution in [0.2, 0.25) is 0 Å². The zero-order chi connectivity index (χ0) is 16.9. The Morgan fingerprint density at radius 2 is 1.92 bits per heavy atom. The molecule has 0 aliphatic heterocycles.